The SMILES string of the molecule is O=C(c1cnc(Oc2ccc(Cl)cc2Br)c(Cl)c1)N1CCCCC1. The number of carbonyl (C=O) groups is 1. The van der Waals surface area contributed by atoms with E-state index in [0.29, 0.717) is 25.8 Å². The summed E-state index contributed by atoms with van der Waals surface area (Å²) in [5.74, 6) is 0.752. The first-order valence-electron chi connectivity index (χ1n) is 7.62. The molecule has 126 valence electrons. The molecular formula is C17H15BrCl2N2O2. The van der Waals surface area contributed by atoms with E-state index in [-0.39, 0.29) is 11.8 Å². The van der Waals surface area contributed by atoms with Crippen LogP contribution < -0.4 is 4.74 Å². The highest BCUT2D eigenvalue weighted by Gasteiger charge is 2.20. The Bertz CT molecular complexity index is 764. The Balaban J connectivity index is 1.78. The second kappa shape index (κ2) is 7.72. The molecule has 1 saturated heterocycles. The molecule has 4 nitrogen and oxygen atoms in total. The number of nitrogens with zero attached hydrogens (tertiary/aromatic N) is 2. The van der Waals surface area contributed by atoms with Gasteiger partial charge in [-0.15, -0.1) is 0 Å². The lowest BCUT2D eigenvalue weighted by Crippen LogP contribution is -2.35. The standard InChI is InChI=1S/C17H15BrCl2N2O2/c18-13-9-12(19)4-5-15(13)24-16-14(20)8-11(10-21-16)17(23)22-6-2-1-3-7-22/h4-5,8-10H,1-3,6-7H2. The van der Waals surface area contributed by atoms with Gasteiger partial charge in [-0.05, 0) is 59.5 Å². The van der Waals surface area contributed by atoms with Crippen molar-refractivity contribution in [3.05, 3.63) is 50.5 Å². The molecular weight excluding hydrogens is 415 g/mol. The molecule has 0 radical (unpaired) electrons. The number of aromatic nitrogens is 1. The molecule has 1 amide bonds. The molecule has 3 rings (SSSR count). The lowest BCUT2D eigenvalue weighted by molar-refractivity contribution is 0.0724. The first kappa shape index (κ1) is 17.5. The molecule has 0 atom stereocenters. The van der Waals surface area contributed by atoms with Gasteiger partial charge >= 0.3 is 0 Å². The van der Waals surface area contributed by atoms with Crippen molar-refractivity contribution in [1.29, 1.82) is 0 Å². The van der Waals surface area contributed by atoms with Crippen LogP contribution >= 0.6 is 39.1 Å². The molecule has 24 heavy (non-hydrogen) atoms. The number of hydrogen-bond acceptors (Lipinski definition) is 3. The Morgan fingerprint density at radius 3 is 2.58 bits per heavy atom. The monoisotopic (exact) mass is 428 g/mol. The molecule has 0 spiro atoms. The number of pyridine rings is 1. The van der Waals surface area contributed by atoms with Gasteiger partial charge in [0.25, 0.3) is 5.91 Å². The minimum Gasteiger partial charge on any atom is -0.436 e. The Kier molecular flexibility index (Phi) is 5.64. The van der Waals surface area contributed by atoms with Crippen molar-refractivity contribution in [3.63, 3.8) is 0 Å². The highest BCUT2D eigenvalue weighted by Crippen LogP contribution is 2.34. The zero-order valence-corrected chi connectivity index (χ0v) is 15.9. The third-order valence-corrected chi connectivity index (χ3v) is 4.92. The zero-order chi connectivity index (χ0) is 17.1. The average molecular weight is 430 g/mol. The van der Waals surface area contributed by atoms with Crippen LogP contribution in [0.2, 0.25) is 10.0 Å². The van der Waals surface area contributed by atoms with Gasteiger partial charge in [0.05, 0.1) is 10.0 Å². The normalized spacial score (nSPS) is 14.5. The Hall–Kier alpha value is -1.30. The summed E-state index contributed by atoms with van der Waals surface area (Å²) in [7, 11) is 0. The summed E-state index contributed by atoms with van der Waals surface area (Å²) in [5.41, 5.74) is 0.476. The van der Waals surface area contributed by atoms with E-state index in [2.05, 4.69) is 20.9 Å². The van der Waals surface area contributed by atoms with Gasteiger partial charge in [0.2, 0.25) is 5.88 Å². The van der Waals surface area contributed by atoms with E-state index in [1.807, 2.05) is 4.90 Å². The van der Waals surface area contributed by atoms with E-state index < -0.39 is 0 Å². The third-order valence-electron chi connectivity index (χ3n) is 3.80. The summed E-state index contributed by atoms with van der Waals surface area (Å²) in [5, 5.41) is 0.885. The van der Waals surface area contributed by atoms with Crippen LogP contribution in [-0.4, -0.2) is 28.9 Å². The maximum atomic E-state index is 12.5. The molecule has 0 saturated carbocycles. The molecule has 1 aliphatic rings. The molecule has 0 aliphatic carbocycles. The maximum Gasteiger partial charge on any atom is 0.255 e. The minimum absolute atomic E-state index is 0.0386. The van der Waals surface area contributed by atoms with Crippen LogP contribution in [0.5, 0.6) is 11.6 Å². The van der Waals surface area contributed by atoms with E-state index in [4.69, 9.17) is 27.9 Å². The first-order chi connectivity index (χ1) is 11.5. The van der Waals surface area contributed by atoms with Crippen molar-refractivity contribution < 1.29 is 9.53 Å². The predicted molar refractivity (Wildman–Crippen MR) is 98.2 cm³/mol. The summed E-state index contributed by atoms with van der Waals surface area (Å²) in [6.07, 6.45) is 4.75. The van der Waals surface area contributed by atoms with Crippen molar-refractivity contribution in [2.75, 3.05) is 13.1 Å². The molecule has 0 bridgehead atoms. The van der Waals surface area contributed by atoms with E-state index in [0.717, 1.165) is 25.9 Å². The number of amides is 1. The molecule has 1 aromatic carbocycles. The number of likely N-dealkylation sites (tertiary alicyclic amines) is 1. The molecule has 1 fully saturated rings. The fraction of sp³-hybridized carbons (Fsp3) is 0.294. The van der Waals surface area contributed by atoms with Gasteiger partial charge in [-0.2, -0.15) is 0 Å². The van der Waals surface area contributed by atoms with Crippen LogP contribution in [0, 0.1) is 0 Å². The number of benzene rings is 1. The number of carbonyl (C=O) groups excluding carboxylic acids is 1. The molecule has 0 N–H and O–H groups in total. The second-order valence-electron chi connectivity index (χ2n) is 5.54. The van der Waals surface area contributed by atoms with E-state index in [9.17, 15) is 4.79 Å². The Labute approximate surface area is 158 Å². The summed E-state index contributed by atoms with van der Waals surface area (Å²) in [4.78, 5) is 18.5. The molecule has 0 unspecified atom stereocenters. The van der Waals surface area contributed by atoms with Gasteiger partial charge in [-0.25, -0.2) is 4.98 Å². The number of piperidine rings is 1. The number of rotatable bonds is 3. The lowest BCUT2D eigenvalue weighted by atomic mass is 10.1. The van der Waals surface area contributed by atoms with Crippen LogP contribution in [0.1, 0.15) is 29.6 Å². The quantitative estimate of drug-likeness (QED) is 0.640. The van der Waals surface area contributed by atoms with Gasteiger partial charge in [-0.3, -0.25) is 4.79 Å². The van der Waals surface area contributed by atoms with Crippen molar-refractivity contribution >= 4 is 45.0 Å². The number of hydrogen-bond donors (Lipinski definition) is 0. The van der Waals surface area contributed by atoms with Gasteiger partial charge < -0.3 is 9.64 Å². The minimum atomic E-state index is -0.0386. The fourth-order valence-electron chi connectivity index (χ4n) is 2.56. The van der Waals surface area contributed by atoms with Crippen LogP contribution in [-0.2, 0) is 0 Å². The molecule has 2 heterocycles. The van der Waals surface area contributed by atoms with Crippen molar-refractivity contribution in [3.8, 4) is 11.6 Å². The largest absolute Gasteiger partial charge is 0.436 e. The van der Waals surface area contributed by atoms with Crippen LogP contribution in [0.3, 0.4) is 0 Å². The van der Waals surface area contributed by atoms with Gasteiger partial charge in [-0.1, -0.05) is 23.2 Å². The smallest absolute Gasteiger partial charge is 0.255 e. The summed E-state index contributed by atoms with van der Waals surface area (Å²) < 4.78 is 6.40. The molecule has 1 aliphatic heterocycles. The zero-order valence-electron chi connectivity index (χ0n) is 12.8. The molecule has 2 aromatic rings. The topological polar surface area (TPSA) is 42.4 Å². The molecule has 1 aromatic heterocycles. The summed E-state index contributed by atoms with van der Waals surface area (Å²) >= 11 is 15.5. The van der Waals surface area contributed by atoms with Gasteiger partial charge in [0, 0.05) is 24.3 Å². The lowest BCUT2D eigenvalue weighted by Gasteiger charge is -2.26. The third kappa shape index (κ3) is 4.02. The number of halogens is 3. The second-order valence-corrected chi connectivity index (χ2v) is 7.24. The summed E-state index contributed by atoms with van der Waals surface area (Å²) in [6, 6.07) is 6.75. The molecule has 7 heteroatoms. The van der Waals surface area contributed by atoms with Gasteiger partial charge in [0.1, 0.15) is 10.8 Å². The van der Waals surface area contributed by atoms with E-state index in [1.165, 1.54) is 12.6 Å². The maximum absolute atomic E-state index is 12.5. The van der Waals surface area contributed by atoms with Crippen LogP contribution in [0.25, 0.3) is 0 Å². The Morgan fingerprint density at radius 2 is 1.92 bits per heavy atom. The van der Waals surface area contributed by atoms with Crippen molar-refractivity contribution in [2.24, 2.45) is 0 Å². The van der Waals surface area contributed by atoms with Crippen molar-refractivity contribution in [1.82, 2.24) is 9.88 Å². The average Bonchev–Trinajstić information content (AvgIpc) is 2.59. The summed E-state index contributed by atoms with van der Waals surface area (Å²) in [6.45, 7) is 1.57. The predicted octanol–water partition coefficient (Wildman–Crippen LogP) is 5.57. The van der Waals surface area contributed by atoms with E-state index in [1.54, 1.807) is 24.3 Å². The van der Waals surface area contributed by atoms with Gasteiger partial charge in [0.15, 0.2) is 0 Å². The highest BCUT2D eigenvalue weighted by atomic mass is 79.9. The van der Waals surface area contributed by atoms with Crippen LogP contribution in [0.4, 0.5) is 0 Å². The first-order valence-corrected chi connectivity index (χ1v) is 9.17. The highest BCUT2D eigenvalue weighted by molar-refractivity contribution is 9.10. The van der Waals surface area contributed by atoms with Crippen molar-refractivity contribution in [2.45, 2.75) is 19.3 Å². The number of ether oxygens (including phenoxy) is 1. The Morgan fingerprint density at radius 1 is 1.17 bits per heavy atom. The fourth-order valence-corrected chi connectivity index (χ4v) is 3.53. The van der Waals surface area contributed by atoms with Crippen LogP contribution in [0.15, 0.2) is 34.9 Å². The van der Waals surface area contributed by atoms with E-state index >= 15 is 0 Å².